The molecule has 1 aliphatic rings. The number of piperidine rings is 1. The summed E-state index contributed by atoms with van der Waals surface area (Å²) in [6, 6.07) is 5.28. The Morgan fingerprint density at radius 2 is 2.11 bits per heavy atom. The third-order valence-electron chi connectivity index (χ3n) is 3.76. The van der Waals surface area contributed by atoms with Gasteiger partial charge in [-0.05, 0) is 66.5 Å². The van der Waals surface area contributed by atoms with Gasteiger partial charge in [-0.25, -0.2) is 0 Å². The van der Waals surface area contributed by atoms with E-state index in [-0.39, 0.29) is 17.7 Å². The molecular formula is C14H19IN2O2. The second-order valence-electron chi connectivity index (χ2n) is 5.15. The van der Waals surface area contributed by atoms with E-state index in [2.05, 4.69) is 22.6 Å². The van der Waals surface area contributed by atoms with E-state index in [0.717, 1.165) is 29.5 Å². The fourth-order valence-electron chi connectivity index (χ4n) is 2.48. The maximum Gasteiger partial charge on any atom is 0.257 e. The first-order valence-corrected chi connectivity index (χ1v) is 7.60. The molecule has 104 valence electrons. The minimum Gasteiger partial charge on any atom is -0.507 e. The van der Waals surface area contributed by atoms with E-state index in [0.29, 0.717) is 11.5 Å². The number of carbonyl (C=O) groups excluding carboxylic acids is 1. The molecule has 1 aromatic rings. The summed E-state index contributed by atoms with van der Waals surface area (Å²) in [6.45, 7) is 3.46. The fourth-order valence-corrected chi connectivity index (χ4v) is 2.97. The average Bonchev–Trinajstić information content (AvgIpc) is 2.41. The molecule has 0 spiro atoms. The highest BCUT2D eigenvalue weighted by atomic mass is 127. The van der Waals surface area contributed by atoms with Gasteiger partial charge in [-0.3, -0.25) is 4.79 Å². The second kappa shape index (κ2) is 6.09. The smallest absolute Gasteiger partial charge is 0.257 e. The lowest BCUT2D eigenvalue weighted by molar-refractivity contribution is 0.0678. The van der Waals surface area contributed by atoms with Crippen LogP contribution in [0.2, 0.25) is 0 Å². The van der Waals surface area contributed by atoms with Gasteiger partial charge in [0.1, 0.15) is 5.75 Å². The molecule has 5 heteroatoms. The van der Waals surface area contributed by atoms with Crippen molar-refractivity contribution >= 4 is 28.5 Å². The number of nitrogens with zero attached hydrogens (tertiary/aromatic N) is 1. The Hall–Kier alpha value is -0.820. The predicted molar refractivity (Wildman–Crippen MR) is 83.1 cm³/mol. The highest BCUT2D eigenvalue weighted by molar-refractivity contribution is 14.1. The van der Waals surface area contributed by atoms with Gasteiger partial charge in [-0.15, -0.1) is 0 Å². The highest BCUT2D eigenvalue weighted by Gasteiger charge is 2.26. The zero-order chi connectivity index (χ0) is 14.0. The van der Waals surface area contributed by atoms with Crippen molar-refractivity contribution in [3.8, 4) is 5.75 Å². The zero-order valence-corrected chi connectivity index (χ0v) is 13.1. The number of hydrogen-bond acceptors (Lipinski definition) is 3. The van der Waals surface area contributed by atoms with Gasteiger partial charge in [0.05, 0.1) is 5.56 Å². The highest BCUT2D eigenvalue weighted by Crippen LogP contribution is 2.25. The summed E-state index contributed by atoms with van der Waals surface area (Å²) in [5.41, 5.74) is 6.29. The number of benzene rings is 1. The zero-order valence-electron chi connectivity index (χ0n) is 11.0. The third kappa shape index (κ3) is 3.39. The first kappa shape index (κ1) is 14.6. The maximum atomic E-state index is 12.4. The van der Waals surface area contributed by atoms with E-state index >= 15 is 0 Å². The predicted octanol–water partition coefficient (Wildman–Crippen LogP) is 2.20. The van der Waals surface area contributed by atoms with Crippen LogP contribution in [-0.2, 0) is 0 Å². The molecular weight excluding hydrogens is 355 g/mol. The second-order valence-corrected chi connectivity index (χ2v) is 6.40. The lowest BCUT2D eigenvalue weighted by Gasteiger charge is -2.33. The van der Waals surface area contributed by atoms with Gasteiger partial charge < -0.3 is 15.7 Å². The Kier molecular flexibility index (Phi) is 4.67. The number of aromatic hydroxyl groups is 1. The van der Waals surface area contributed by atoms with Crippen molar-refractivity contribution in [1.29, 1.82) is 0 Å². The summed E-state index contributed by atoms with van der Waals surface area (Å²) in [7, 11) is 0. The molecule has 1 aromatic carbocycles. The SMILES string of the molecule is CC(N)C1CCN(C(=O)c2cc(I)ccc2O)CC1. The molecule has 1 heterocycles. The normalized spacial score (nSPS) is 18.4. The number of phenolic OH excluding ortho intramolecular Hbond substituents is 1. The molecule has 2 rings (SSSR count). The van der Waals surface area contributed by atoms with E-state index in [1.165, 1.54) is 0 Å². The Bertz CT molecular complexity index is 469. The Morgan fingerprint density at radius 3 is 2.68 bits per heavy atom. The van der Waals surface area contributed by atoms with Gasteiger partial charge in [0.2, 0.25) is 0 Å². The topological polar surface area (TPSA) is 66.6 Å². The number of rotatable bonds is 2. The van der Waals surface area contributed by atoms with Crippen LogP contribution in [0.5, 0.6) is 5.75 Å². The Morgan fingerprint density at radius 1 is 1.47 bits per heavy atom. The molecule has 0 bridgehead atoms. The molecule has 1 unspecified atom stereocenters. The van der Waals surface area contributed by atoms with Crippen molar-refractivity contribution < 1.29 is 9.90 Å². The molecule has 1 atom stereocenters. The number of carbonyl (C=O) groups is 1. The van der Waals surface area contributed by atoms with Crippen LogP contribution in [0, 0.1) is 9.49 Å². The molecule has 3 N–H and O–H groups in total. The van der Waals surface area contributed by atoms with Crippen LogP contribution in [0.3, 0.4) is 0 Å². The first-order chi connectivity index (χ1) is 8.99. The molecule has 19 heavy (non-hydrogen) atoms. The maximum absolute atomic E-state index is 12.4. The van der Waals surface area contributed by atoms with Gasteiger partial charge in [0.15, 0.2) is 0 Å². The van der Waals surface area contributed by atoms with Crippen molar-refractivity contribution in [1.82, 2.24) is 4.90 Å². The molecule has 1 amide bonds. The summed E-state index contributed by atoms with van der Waals surface area (Å²) in [6.07, 6.45) is 1.88. The molecule has 4 nitrogen and oxygen atoms in total. The number of amides is 1. The summed E-state index contributed by atoms with van der Waals surface area (Å²) in [4.78, 5) is 14.2. The third-order valence-corrected chi connectivity index (χ3v) is 4.43. The Balaban J connectivity index is 2.07. The summed E-state index contributed by atoms with van der Waals surface area (Å²) in [5, 5.41) is 9.81. The van der Waals surface area contributed by atoms with Crippen molar-refractivity contribution in [3.05, 3.63) is 27.3 Å². The number of nitrogens with two attached hydrogens (primary N) is 1. The van der Waals surface area contributed by atoms with Crippen molar-refractivity contribution in [3.63, 3.8) is 0 Å². The fraction of sp³-hybridized carbons (Fsp3) is 0.500. The van der Waals surface area contributed by atoms with E-state index in [9.17, 15) is 9.90 Å². The number of likely N-dealkylation sites (tertiary alicyclic amines) is 1. The van der Waals surface area contributed by atoms with Gasteiger partial charge >= 0.3 is 0 Å². The lowest BCUT2D eigenvalue weighted by Crippen LogP contribution is -2.42. The van der Waals surface area contributed by atoms with Gasteiger partial charge in [-0.2, -0.15) is 0 Å². The van der Waals surface area contributed by atoms with Crippen LogP contribution < -0.4 is 5.73 Å². The van der Waals surface area contributed by atoms with Crippen LogP contribution in [0.1, 0.15) is 30.1 Å². The lowest BCUT2D eigenvalue weighted by atomic mass is 9.90. The van der Waals surface area contributed by atoms with Crippen molar-refractivity contribution in [2.24, 2.45) is 11.7 Å². The first-order valence-electron chi connectivity index (χ1n) is 6.52. The van der Waals surface area contributed by atoms with Crippen LogP contribution in [0.25, 0.3) is 0 Å². The van der Waals surface area contributed by atoms with Crippen LogP contribution >= 0.6 is 22.6 Å². The molecule has 1 aliphatic heterocycles. The van der Waals surface area contributed by atoms with Gasteiger partial charge in [0.25, 0.3) is 5.91 Å². The van der Waals surface area contributed by atoms with Crippen LogP contribution in [0.15, 0.2) is 18.2 Å². The van der Waals surface area contributed by atoms with Crippen LogP contribution in [0.4, 0.5) is 0 Å². The summed E-state index contributed by atoms with van der Waals surface area (Å²) in [5.74, 6) is 0.465. The minimum absolute atomic E-state index is 0.0553. The molecule has 0 aliphatic carbocycles. The van der Waals surface area contributed by atoms with E-state index in [4.69, 9.17) is 5.73 Å². The van der Waals surface area contributed by atoms with Crippen LogP contribution in [-0.4, -0.2) is 35.0 Å². The standard InChI is InChI=1S/C14H19IN2O2/c1-9(16)10-4-6-17(7-5-10)14(19)12-8-11(15)2-3-13(12)18/h2-3,8-10,18H,4-7,16H2,1H3. The number of phenols is 1. The van der Waals surface area contributed by atoms with E-state index < -0.39 is 0 Å². The van der Waals surface area contributed by atoms with Gasteiger partial charge in [0, 0.05) is 22.7 Å². The quantitative estimate of drug-likeness (QED) is 0.780. The molecule has 1 fully saturated rings. The Labute approximate surface area is 127 Å². The average molecular weight is 374 g/mol. The minimum atomic E-state index is -0.0841. The monoisotopic (exact) mass is 374 g/mol. The van der Waals surface area contributed by atoms with E-state index in [1.54, 1.807) is 18.2 Å². The van der Waals surface area contributed by atoms with E-state index in [1.807, 2.05) is 11.8 Å². The molecule has 0 radical (unpaired) electrons. The number of hydrogen-bond donors (Lipinski definition) is 2. The largest absolute Gasteiger partial charge is 0.507 e. The molecule has 0 aromatic heterocycles. The molecule has 1 saturated heterocycles. The number of halogens is 1. The van der Waals surface area contributed by atoms with Crippen molar-refractivity contribution in [2.45, 2.75) is 25.8 Å². The summed E-state index contributed by atoms with van der Waals surface area (Å²) < 4.78 is 0.948. The molecule has 0 saturated carbocycles. The van der Waals surface area contributed by atoms with Crippen molar-refractivity contribution in [2.75, 3.05) is 13.1 Å². The summed E-state index contributed by atoms with van der Waals surface area (Å²) >= 11 is 2.14. The van der Waals surface area contributed by atoms with Gasteiger partial charge in [-0.1, -0.05) is 0 Å².